The van der Waals surface area contributed by atoms with Gasteiger partial charge < -0.3 is 4.90 Å². The SMILES string of the molecule is O=C(c1cc(Cc2n[nH]c(=O)c3ccccc23)ccc1F)N1CCN(S(=O)(=O)c2ccc(I)cc2)CC1. The summed E-state index contributed by atoms with van der Waals surface area (Å²) in [7, 11) is -3.68. The van der Waals surface area contributed by atoms with Gasteiger partial charge in [0, 0.05) is 41.6 Å². The molecule has 0 spiro atoms. The Labute approximate surface area is 226 Å². The van der Waals surface area contributed by atoms with Crippen molar-refractivity contribution in [3.63, 3.8) is 0 Å². The van der Waals surface area contributed by atoms with Crippen molar-refractivity contribution in [2.45, 2.75) is 11.3 Å². The molecule has 1 amide bonds. The molecular formula is C26H22FIN4O4S. The number of hydrogen-bond donors (Lipinski definition) is 1. The highest BCUT2D eigenvalue weighted by Gasteiger charge is 2.31. The van der Waals surface area contributed by atoms with Crippen LogP contribution in [0.3, 0.4) is 0 Å². The van der Waals surface area contributed by atoms with Crippen molar-refractivity contribution in [2.75, 3.05) is 26.2 Å². The minimum absolute atomic E-state index is 0.0832. The lowest BCUT2D eigenvalue weighted by molar-refractivity contribution is 0.0693. The second kappa shape index (κ2) is 10.3. The second-order valence-electron chi connectivity index (χ2n) is 8.69. The third-order valence-corrected chi connectivity index (χ3v) is 9.02. The summed E-state index contributed by atoms with van der Waals surface area (Å²) in [5, 5.41) is 7.84. The zero-order valence-corrected chi connectivity index (χ0v) is 22.5. The summed E-state index contributed by atoms with van der Waals surface area (Å²) in [6.07, 6.45) is 0.292. The van der Waals surface area contributed by atoms with Gasteiger partial charge in [0.2, 0.25) is 10.0 Å². The number of rotatable bonds is 5. The Morgan fingerprint density at radius 2 is 1.65 bits per heavy atom. The Morgan fingerprint density at radius 3 is 2.35 bits per heavy atom. The largest absolute Gasteiger partial charge is 0.336 e. The van der Waals surface area contributed by atoms with Gasteiger partial charge in [-0.25, -0.2) is 17.9 Å². The van der Waals surface area contributed by atoms with Crippen LogP contribution >= 0.6 is 22.6 Å². The van der Waals surface area contributed by atoms with Gasteiger partial charge in [-0.05, 0) is 70.6 Å². The standard InChI is InChI=1S/C26H22FIN4O4S/c27-23-10-5-17(16-24-20-3-1-2-4-21(20)25(33)30-29-24)15-22(23)26(34)31-11-13-32(14-12-31)37(35,36)19-8-6-18(28)7-9-19/h1-10,15H,11-14,16H2,(H,30,33). The number of nitrogens with one attached hydrogen (secondary N) is 1. The normalized spacial score (nSPS) is 14.7. The predicted molar refractivity (Wildman–Crippen MR) is 145 cm³/mol. The first-order valence-electron chi connectivity index (χ1n) is 11.5. The maximum atomic E-state index is 14.7. The van der Waals surface area contributed by atoms with E-state index in [1.807, 2.05) is 6.07 Å². The van der Waals surface area contributed by atoms with E-state index in [2.05, 4.69) is 32.8 Å². The molecular weight excluding hydrogens is 610 g/mol. The molecule has 0 unspecified atom stereocenters. The van der Waals surface area contributed by atoms with Gasteiger partial charge in [0.1, 0.15) is 5.82 Å². The quantitative estimate of drug-likeness (QED) is 0.340. The Balaban J connectivity index is 1.32. The van der Waals surface area contributed by atoms with E-state index in [9.17, 15) is 22.4 Å². The van der Waals surface area contributed by atoms with Crippen LogP contribution in [0, 0.1) is 9.39 Å². The second-order valence-corrected chi connectivity index (χ2v) is 11.9. The first-order chi connectivity index (χ1) is 17.7. The fourth-order valence-electron chi connectivity index (χ4n) is 4.40. The Hall–Kier alpha value is -3.16. The zero-order chi connectivity index (χ0) is 26.2. The monoisotopic (exact) mass is 632 g/mol. The number of aromatic nitrogens is 2. The molecule has 37 heavy (non-hydrogen) atoms. The molecule has 1 aliphatic heterocycles. The Bertz CT molecular complexity index is 1650. The summed E-state index contributed by atoms with van der Waals surface area (Å²) in [5.41, 5.74) is 0.890. The summed E-state index contributed by atoms with van der Waals surface area (Å²) >= 11 is 2.11. The number of halogens is 2. The van der Waals surface area contributed by atoms with Gasteiger partial charge >= 0.3 is 0 Å². The highest BCUT2D eigenvalue weighted by Crippen LogP contribution is 2.22. The smallest absolute Gasteiger partial charge is 0.272 e. The molecule has 0 saturated carbocycles. The molecule has 3 aromatic carbocycles. The number of amides is 1. The van der Waals surface area contributed by atoms with Crippen molar-refractivity contribution in [1.29, 1.82) is 0 Å². The van der Waals surface area contributed by atoms with Crippen molar-refractivity contribution in [3.8, 4) is 0 Å². The average molecular weight is 632 g/mol. The lowest BCUT2D eigenvalue weighted by Gasteiger charge is -2.34. The number of hydrogen-bond acceptors (Lipinski definition) is 5. The predicted octanol–water partition coefficient (Wildman–Crippen LogP) is 3.40. The molecule has 190 valence electrons. The van der Waals surface area contributed by atoms with Crippen LogP contribution in [0.5, 0.6) is 0 Å². The topological polar surface area (TPSA) is 103 Å². The third kappa shape index (κ3) is 5.15. The van der Waals surface area contributed by atoms with Crippen LogP contribution in [0.2, 0.25) is 0 Å². The van der Waals surface area contributed by atoms with Crippen LogP contribution in [0.25, 0.3) is 10.8 Å². The van der Waals surface area contributed by atoms with Crippen molar-refractivity contribution in [2.24, 2.45) is 0 Å². The van der Waals surface area contributed by atoms with Crippen molar-refractivity contribution in [1.82, 2.24) is 19.4 Å². The number of nitrogens with zero attached hydrogens (tertiary/aromatic N) is 3. The lowest BCUT2D eigenvalue weighted by Crippen LogP contribution is -2.50. The Morgan fingerprint density at radius 1 is 0.973 bits per heavy atom. The molecule has 2 heterocycles. The number of carbonyl (C=O) groups is 1. The van der Waals surface area contributed by atoms with Gasteiger partial charge in [0.05, 0.1) is 21.5 Å². The third-order valence-electron chi connectivity index (χ3n) is 6.39. The molecule has 8 nitrogen and oxygen atoms in total. The highest BCUT2D eigenvalue weighted by molar-refractivity contribution is 14.1. The number of benzene rings is 3. The lowest BCUT2D eigenvalue weighted by atomic mass is 10.0. The summed E-state index contributed by atoms with van der Waals surface area (Å²) in [6.45, 7) is 0.541. The summed E-state index contributed by atoms with van der Waals surface area (Å²) in [4.78, 5) is 26.9. The van der Waals surface area contributed by atoms with Gasteiger partial charge in [-0.3, -0.25) is 9.59 Å². The number of fused-ring (bicyclic) bond motifs is 1. The van der Waals surface area contributed by atoms with Gasteiger partial charge in [-0.1, -0.05) is 24.3 Å². The number of aromatic amines is 1. The molecule has 4 aromatic rings. The van der Waals surface area contributed by atoms with Gasteiger partial charge in [-0.15, -0.1) is 0 Å². The number of sulfonamides is 1. The van der Waals surface area contributed by atoms with Crippen molar-refractivity contribution >= 4 is 49.3 Å². The maximum absolute atomic E-state index is 14.7. The molecule has 0 bridgehead atoms. The van der Waals surface area contributed by atoms with Gasteiger partial charge in [0.15, 0.2) is 0 Å². The Kier molecular flexibility index (Phi) is 7.10. The zero-order valence-electron chi connectivity index (χ0n) is 19.5. The van der Waals surface area contributed by atoms with E-state index in [4.69, 9.17) is 0 Å². The maximum Gasteiger partial charge on any atom is 0.272 e. The van der Waals surface area contributed by atoms with Gasteiger partial charge in [-0.2, -0.15) is 9.40 Å². The number of piperazine rings is 1. The molecule has 5 rings (SSSR count). The van der Waals surface area contributed by atoms with Crippen LogP contribution < -0.4 is 5.56 Å². The highest BCUT2D eigenvalue weighted by atomic mass is 127. The summed E-state index contributed by atoms with van der Waals surface area (Å²) in [5.74, 6) is -1.15. The average Bonchev–Trinajstić information content (AvgIpc) is 2.91. The number of carbonyl (C=O) groups excluding carboxylic acids is 1. The van der Waals surface area contributed by atoms with Crippen LogP contribution in [-0.4, -0.2) is 59.9 Å². The number of H-pyrrole nitrogens is 1. The van der Waals surface area contributed by atoms with E-state index in [1.165, 1.54) is 21.3 Å². The fraction of sp³-hybridized carbons (Fsp3) is 0.192. The first-order valence-corrected chi connectivity index (χ1v) is 14.1. The first kappa shape index (κ1) is 25.5. The van der Waals surface area contributed by atoms with E-state index in [-0.39, 0.29) is 42.2 Å². The molecule has 1 N–H and O–H groups in total. The molecule has 1 fully saturated rings. The molecule has 11 heteroatoms. The molecule has 0 aliphatic carbocycles. The van der Waals surface area contributed by atoms with Crippen LogP contribution in [-0.2, 0) is 16.4 Å². The van der Waals surface area contributed by atoms with E-state index in [1.54, 1.807) is 48.5 Å². The van der Waals surface area contributed by atoms with E-state index in [0.717, 1.165) is 3.57 Å². The summed E-state index contributed by atoms with van der Waals surface area (Å²) in [6, 6.07) is 18.0. The van der Waals surface area contributed by atoms with Crippen molar-refractivity contribution in [3.05, 3.63) is 103 Å². The molecule has 1 saturated heterocycles. The summed E-state index contributed by atoms with van der Waals surface area (Å²) < 4.78 is 42.9. The van der Waals surface area contributed by atoms with Gasteiger partial charge in [0.25, 0.3) is 11.5 Å². The van der Waals surface area contributed by atoms with Crippen LogP contribution in [0.1, 0.15) is 21.6 Å². The van der Waals surface area contributed by atoms with E-state index in [0.29, 0.717) is 28.5 Å². The minimum atomic E-state index is -3.68. The fourth-order valence-corrected chi connectivity index (χ4v) is 6.19. The molecule has 1 aliphatic rings. The molecule has 0 atom stereocenters. The van der Waals surface area contributed by atoms with Crippen LogP contribution in [0.15, 0.2) is 76.4 Å². The van der Waals surface area contributed by atoms with E-state index >= 15 is 0 Å². The minimum Gasteiger partial charge on any atom is -0.336 e. The van der Waals surface area contributed by atoms with Crippen molar-refractivity contribution < 1.29 is 17.6 Å². The van der Waals surface area contributed by atoms with E-state index < -0.39 is 21.7 Å². The van der Waals surface area contributed by atoms with Crippen LogP contribution in [0.4, 0.5) is 4.39 Å². The molecule has 0 radical (unpaired) electrons. The molecule has 1 aromatic heterocycles.